The van der Waals surface area contributed by atoms with Gasteiger partial charge in [0, 0.05) is 18.0 Å². The minimum Gasteiger partial charge on any atom is -0.385 e. The van der Waals surface area contributed by atoms with Gasteiger partial charge in [0.2, 0.25) is 0 Å². The Labute approximate surface area is 122 Å². The number of anilines is 1. The highest BCUT2D eigenvalue weighted by Crippen LogP contribution is 2.16. The highest BCUT2D eigenvalue weighted by Gasteiger charge is 1.95. The largest absolute Gasteiger partial charge is 0.385 e. The molecule has 1 rings (SSSR count). The first-order valence-corrected chi connectivity index (χ1v) is 8.63. The van der Waals surface area contributed by atoms with Crippen molar-refractivity contribution in [2.24, 2.45) is 5.73 Å². The van der Waals surface area contributed by atoms with Crippen LogP contribution >= 0.6 is 11.8 Å². The SMILES string of the molecule is CCCSCc1ccc(NCCCCCCN)cc1. The molecule has 0 heterocycles. The number of nitrogens with two attached hydrogens (primary N) is 1. The predicted molar refractivity (Wildman–Crippen MR) is 88.9 cm³/mol. The monoisotopic (exact) mass is 280 g/mol. The molecule has 0 aliphatic heterocycles. The Morgan fingerprint density at radius 1 is 1.05 bits per heavy atom. The molecule has 3 N–H and O–H groups in total. The third kappa shape index (κ3) is 8.17. The van der Waals surface area contributed by atoms with Crippen LogP contribution < -0.4 is 11.1 Å². The van der Waals surface area contributed by atoms with E-state index in [0.29, 0.717) is 0 Å². The van der Waals surface area contributed by atoms with E-state index in [4.69, 9.17) is 5.73 Å². The maximum absolute atomic E-state index is 5.47. The van der Waals surface area contributed by atoms with Crippen LogP contribution in [-0.4, -0.2) is 18.8 Å². The molecule has 19 heavy (non-hydrogen) atoms. The Morgan fingerprint density at radius 2 is 1.79 bits per heavy atom. The van der Waals surface area contributed by atoms with E-state index in [-0.39, 0.29) is 0 Å². The zero-order valence-corrected chi connectivity index (χ0v) is 13.0. The van der Waals surface area contributed by atoms with Crippen LogP contribution in [-0.2, 0) is 5.75 Å². The molecule has 3 heteroatoms. The van der Waals surface area contributed by atoms with Crippen LogP contribution in [0.5, 0.6) is 0 Å². The number of benzene rings is 1. The minimum absolute atomic E-state index is 0.824. The molecule has 1 aromatic carbocycles. The van der Waals surface area contributed by atoms with Crippen LogP contribution in [0.3, 0.4) is 0 Å². The van der Waals surface area contributed by atoms with Crippen LogP contribution in [0.25, 0.3) is 0 Å². The van der Waals surface area contributed by atoms with Crippen LogP contribution in [0, 0.1) is 0 Å². The van der Waals surface area contributed by atoms with Gasteiger partial charge in [0.15, 0.2) is 0 Å². The van der Waals surface area contributed by atoms with Crippen LogP contribution in [0.1, 0.15) is 44.6 Å². The molecular formula is C16H28N2S. The maximum Gasteiger partial charge on any atom is 0.0340 e. The van der Waals surface area contributed by atoms with E-state index in [0.717, 1.165) is 25.3 Å². The smallest absolute Gasteiger partial charge is 0.0340 e. The molecule has 0 unspecified atom stereocenters. The fourth-order valence-electron chi connectivity index (χ4n) is 1.91. The minimum atomic E-state index is 0.824. The van der Waals surface area contributed by atoms with E-state index in [1.54, 1.807) is 0 Å². The lowest BCUT2D eigenvalue weighted by molar-refractivity contribution is 0.661. The summed E-state index contributed by atoms with van der Waals surface area (Å²) in [5.41, 5.74) is 8.14. The molecule has 0 bridgehead atoms. The van der Waals surface area contributed by atoms with Gasteiger partial charge in [0.05, 0.1) is 0 Å². The number of thioether (sulfide) groups is 1. The highest BCUT2D eigenvalue weighted by atomic mass is 32.2. The summed E-state index contributed by atoms with van der Waals surface area (Å²) in [6.07, 6.45) is 6.17. The third-order valence-electron chi connectivity index (χ3n) is 3.03. The van der Waals surface area contributed by atoms with Crippen molar-refractivity contribution < 1.29 is 0 Å². The zero-order chi connectivity index (χ0) is 13.8. The average molecular weight is 280 g/mol. The topological polar surface area (TPSA) is 38.0 Å². The molecule has 2 nitrogen and oxygen atoms in total. The van der Waals surface area contributed by atoms with E-state index in [1.807, 2.05) is 11.8 Å². The van der Waals surface area contributed by atoms with Crippen molar-refractivity contribution in [2.75, 3.05) is 24.2 Å². The molecule has 1 aromatic rings. The van der Waals surface area contributed by atoms with Crippen molar-refractivity contribution in [3.05, 3.63) is 29.8 Å². The lowest BCUT2D eigenvalue weighted by Crippen LogP contribution is -2.02. The van der Waals surface area contributed by atoms with Gasteiger partial charge >= 0.3 is 0 Å². The second kappa shape index (κ2) is 11.2. The molecule has 0 saturated heterocycles. The first-order chi connectivity index (χ1) is 9.36. The summed E-state index contributed by atoms with van der Waals surface area (Å²) in [7, 11) is 0. The van der Waals surface area contributed by atoms with E-state index >= 15 is 0 Å². The Hall–Kier alpha value is -0.670. The van der Waals surface area contributed by atoms with Gasteiger partial charge in [-0.25, -0.2) is 0 Å². The molecule has 0 aliphatic rings. The fourth-order valence-corrected chi connectivity index (χ4v) is 2.77. The van der Waals surface area contributed by atoms with Crippen molar-refractivity contribution in [3.8, 4) is 0 Å². The molecule has 0 fully saturated rings. The van der Waals surface area contributed by atoms with Gasteiger partial charge in [-0.1, -0.05) is 31.9 Å². The molecule has 0 amide bonds. The second-order valence-electron chi connectivity index (χ2n) is 4.88. The van der Waals surface area contributed by atoms with E-state index in [9.17, 15) is 0 Å². The lowest BCUT2D eigenvalue weighted by Gasteiger charge is -2.07. The summed E-state index contributed by atoms with van der Waals surface area (Å²) in [6, 6.07) is 8.86. The van der Waals surface area contributed by atoms with Crippen LogP contribution in [0.15, 0.2) is 24.3 Å². The number of nitrogens with one attached hydrogen (secondary N) is 1. The quantitative estimate of drug-likeness (QED) is 0.595. The van der Waals surface area contributed by atoms with E-state index in [2.05, 4.69) is 36.5 Å². The van der Waals surface area contributed by atoms with Crippen molar-refractivity contribution in [2.45, 2.75) is 44.8 Å². The summed E-state index contributed by atoms with van der Waals surface area (Å²) in [5.74, 6) is 2.38. The first-order valence-electron chi connectivity index (χ1n) is 7.47. The van der Waals surface area contributed by atoms with Gasteiger partial charge in [-0.3, -0.25) is 0 Å². The summed E-state index contributed by atoms with van der Waals surface area (Å²) < 4.78 is 0. The lowest BCUT2D eigenvalue weighted by atomic mass is 10.2. The van der Waals surface area contributed by atoms with Crippen molar-refractivity contribution >= 4 is 17.4 Å². The summed E-state index contributed by atoms with van der Waals surface area (Å²) in [4.78, 5) is 0. The Morgan fingerprint density at radius 3 is 2.47 bits per heavy atom. The third-order valence-corrected chi connectivity index (χ3v) is 4.27. The van der Waals surface area contributed by atoms with Crippen molar-refractivity contribution in [1.29, 1.82) is 0 Å². The molecule has 0 aromatic heterocycles. The molecular weight excluding hydrogens is 252 g/mol. The predicted octanol–water partition coefficient (Wildman–Crippen LogP) is 4.26. The van der Waals surface area contributed by atoms with Gasteiger partial charge in [0.1, 0.15) is 0 Å². The van der Waals surface area contributed by atoms with Crippen molar-refractivity contribution in [3.63, 3.8) is 0 Å². The summed E-state index contributed by atoms with van der Waals surface area (Å²) in [5, 5.41) is 3.48. The van der Waals surface area contributed by atoms with E-state index in [1.165, 1.54) is 42.7 Å². The summed E-state index contributed by atoms with van der Waals surface area (Å²) in [6.45, 7) is 4.12. The second-order valence-corrected chi connectivity index (χ2v) is 5.98. The Kier molecular flexibility index (Phi) is 9.64. The molecule has 0 spiro atoms. The van der Waals surface area contributed by atoms with Gasteiger partial charge in [0.25, 0.3) is 0 Å². The normalized spacial score (nSPS) is 10.6. The van der Waals surface area contributed by atoms with Crippen LogP contribution in [0.2, 0.25) is 0 Å². The van der Waals surface area contributed by atoms with Crippen molar-refractivity contribution in [1.82, 2.24) is 0 Å². The number of unbranched alkanes of at least 4 members (excludes halogenated alkanes) is 3. The molecule has 108 valence electrons. The number of rotatable bonds is 11. The van der Waals surface area contributed by atoms with Crippen LogP contribution in [0.4, 0.5) is 5.69 Å². The van der Waals surface area contributed by atoms with Gasteiger partial charge in [-0.2, -0.15) is 11.8 Å². The van der Waals surface area contributed by atoms with Gasteiger partial charge < -0.3 is 11.1 Å². The van der Waals surface area contributed by atoms with Gasteiger partial charge in [-0.05, 0) is 49.3 Å². The standard InChI is InChI=1S/C16H28N2S/c1-2-13-19-14-15-7-9-16(10-8-15)18-12-6-4-3-5-11-17/h7-10,18H,2-6,11-14,17H2,1H3. The number of hydrogen-bond acceptors (Lipinski definition) is 3. The molecule has 0 radical (unpaired) electrons. The zero-order valence-electron chi connectivity index (χ0n) is 12.2. The summed E-state index contributed by atoms with van der Waals surface area (Å²) >= 11 is 2.01. The first kappa shape index (κ1) is 16.4. The fraction of sp³-hybridized carbons (Fsp3) is 0.625. The highest BCUT2D eigenvalue weighted by molar-refractivity contribution is 7.98. The Bertz CT molecular complexity index is 311. The maximum atomic E-state index is 5.47. The number of hydrogen-bond donors (Lipinski definition) is 2. The molecule has 0 aliphatic carbocycles. The van der Waals surface area contributed by atoms with Gasteiger partial charge in [-0.15, -0.1) is 0 Å². The average Bonchev–Trinajstić information content (AvgIpc) is 2.44. The van der Waals surface area contributed by atoms with E-state index < -0.39 is 0 Å². The molecule has 0 saturated carbocycles. The molecule has 0 atom stereocenters. The Balaban J connectivity index is 2.13.